The monoisotopic (exact) mass is 214 g/mol. The van der Waals surface area contributed by atoms with E-state index in [1.807, 2.05) is 11.6 Å². The molecule has 14 heavy (non-hydrogen) atoms. The first-order chi connectivity index (χ1) is 6.74. The highest BCUT2D eigenvalue weighted by atomic mass is 32.1. The Morgan fingerprint density at radius 2 is 2.36 bits per heavy atom. The van der Waals surface area contributed by atoms with Gasteiger partial charge in [-0.3, -0.25) is 0 Å². The van der Waals surface area contributed by atoms with E-state index < -0.39 is 0 Å². The lowest BCUT2D eigenvalue weighted by Gasteiger charge is -2.17. The van der Waals surface area contributed by atoms with E-state index in [-0.39, 0.29) is 6.61 Å². The third-order valence-corrected chi connectivity index (χ3v) is 3.11. The number of aromatic nitrogens is 1. The average molecular weight is 214 g/mol. The van der Waals surface area contributed by atoms with Crippen molar-refractivity contribution in [2.45, 2.75) is 38.8 Å². The standard InChI is InChI=1S/C10H18N2OS/c1-8(4-3-6-13)12-9(2)10-11-5-7-14-10/h5,7-9,12-13H,3-4,6H2,1-2H3/t8-,9-/m0/s1. The molecule has 0 spiro atoms. The van der Waals surface area contributed by atoms with Crippen LogP contribution in [0.4, 0.5) is 0 Å². The number of hydrogen-bond donors (Lipinski definition) is 2. The van der Waals surface area contributed by atoms with Crippen molar-refractivity contribution in [3.8, 4) is 0 Å². The van der Waals surface area contributed by atoms with Crippen LogP contribution >= 0.6 is 11.3 Å². The summed E-state index contributed by atoms with van der Waals surface area (Å²) in [5, 5.41) is 15.3. The van der Waals surface area contributed by atoms with Crippen LogP contribution in [0.1, 0.15) is 37.7 Å². The normalized spacial score (nSPS) is 15.4. The van der Waals surface area contributed by atoms with Crippen molar-refractivity contribution in [3.63, 3.8) is 0 Å². The minimum absolute atomic E-state index is 0.275. The molecule has 1 rings (SSSR count). The second-order valence-electron chi connectivity index (χ2n) is 3.53. The fourth-order valence-electron chi connectivity index (χ4n) is 1.43. The van der Waals surface area contributed by atoms with Gasteiger partial charge < -0.3 is 10.4 Å². The highest BCUT2D eigenvalue weighted by Crippen LogP contribution is 2.15. The third kappa shape index (κ3) is 3.74. The maximum Gasteiger partial charge on any atom is 0.109 e. The Labute approximate surface area is 89.2 Å². The van der Waals surface area contributed by atoms with Gasteiger partial charge in [-0.25, -0.2) is 4.98 Å². The number of hydrogen-bond acceptors (Lipinski definition) is 4. The van der Waals surface area contributed by atoms with Crippen LogP contribution in [0, 0.1) is 0 Å². The Bertz CT molecular complexity index is 238. The lowest BCUT2D eigenvalue weighted by atomic mass is 10.1. The number of aliphatic hydroxyl groups excluding tert-OH is 1. The maximum atomic E-state index is 8.70. The summed E-state index contributed by atoms with van der Waals surface area (Å²) in [6.45, 7) is 4.53. The fourth-order valence-corrected chi connectivity index (χ4v) is 2.08. The molecule has 80 valence electrons. The van der Waals surface area contributed by atoms with Crippen LogP contribution < -0.4 is 5.32 Å². The molecule has 4 heteroatoms. The van der Waals surface area contributed by atoms with Crippen LogP contribution in [-0.2, 0) is 0 Å². The summed E-state index contributed by atoms with van der Waals surface area (Å²) in [6, 6.07) is 0.741. The molecule has 2 atom stereocenters. The summed E-state index contributed by atoms with van der Waals surface area (Å²) < 4.78 is 0. The van der Waals surface area contributed by atoms with E-state index in [9.17, 15) is 0 Å². The molecule has 0 radical (unpaired) electrons. The number of aliphatic hydroxyl groups is 1. The molecular weight excluding hydrogens is 196 g/mol. The van der Waals surface area contributed by atoms with Crippen LogP contribution in [0.15, 0.2) is 11.6 Å². The highest BCUT2D eigenvalue weighted by Gasteiger charge is 2.10. The van der Waals surface area contributed by atoms with Crippen LogP contribution in [0.2, 0.25) is 0 Å². The molecule has 0 aliphatic rings. The molecule has 0 saturated heterocycles. The Morgan fingerprint density at radius 1 is 1.57 bits per heavy atom. The molecule has 3 nitrogen and oxygen atoms in total. The summed E-state index contributed by atoms with van der Waals surface area (Å²) in [6.07, 6.45) is 3.70. The van der Waals surface area contributed by atoms with Crippen molar-refractivity contribution in [2.24, 2.45) is 0 Å². The molecule has 0 fully saturated rings. The largest absolute Gasteiger partial charge is 0.396 e. The van der Waals surface area contributed by atoms with Crippen LogP contribution in [-0.4, -0.2) is 22.7 Å². The fraction of sp³-hybridized carbons (Fsp3) is 0.700. The van der Waals surface area contributed by atoms with E-state index in [2.05, 4.69) is 24.1 Å². The van der Waals surface area contributed by atoms with E-state index in [0.717, 1.165) is 17.8 Å². The minimum Gasteiger partial charge on any atom is -0.396 e. The zero-order valence-corrected chi connectivity index (χ0v) is 9.55. The lowest BCUT2D eigenvalue weighted by Crippen LogP contribution is -2.28. The minimum atomic E-state index is 0.275. The van der Waals surface area contributed by atoms with Crippen LogP contribution in [0.3, 0.4) is 0 Å². The van der Waals surface area contributed by atoms with Crippen molar-refractivity contribution < 1.29 is 5.11 Å². The quantitative estimate of drug-likeness (QED) is 0.761. The van der Waals surface area contributed by atoms with Gasteiger partial charge in [0.25, 0.3) is 0 Å². The highest BCUT2D eigenvalue weighted by molar-refractivity contribution is 7.09. The van der Waals surface area contributed by atoms with E-state index in [1.165, 1.54) is 0 Å². The predicted octanol–water partition coefficient (Wildman–Crippen LogP) is 1.95. The SMILES string of the molecule is C[C@H](N[C@@H](C)CCCO)c1nccs1. The average Bonchev–Trinajstić information content (AvgIpc) is 2.67. The molecule has 1 aromatic rings. The zero-order valence-electron chi connectivity index (χ0n) is 8.73. The summed E-state index contributed by atoms with van der Waals surface area (Å²) in [5.41, 5.74) is 0. The van der Waals surface area contributed by atoms with Gasteiger partial charge in [0.05, 0.1) is 6.04 Å². The third-order valence-electron chi connectivity index (χ3n) is 2.15. The number of nitrogens with zero attached hydrogens (tertiary/aromatic N) is 1. The zero-order chi connectivity index (χ0) is 10.4. The molecule has 0 saturated carbocycles. The van der Waals surface area contributed by atoms with E-state index >= 15 is 0 Å². The summed E-state index contributed by atoms with van der Waals surface area (Å²) >= 11 is 1.67. The van der Waals surface area contributed by atoms with Crippen molar-refractivity contribution in [2.75, 3.05) is 6.61 Å². The molecule has 1 heterocycles. The van der Waals surface area contributed by atoms with Crippen molar-refractivity contribution >= 4 is 11.3 Å². The van der Waals surface area contributed by atoms with Gasteiger partial charge >= 0.3 is 0 Å². The smallest absolute Gasteiger partial charge is 0.109 e. The van der Waals surface area contributed by atoms with Gasteiger partial charge in [-0.2, -0.15) is 0 Å². The molecule has 0 aromatic carbocycles. The number of thiazole rings is 1. The van der Waals surface area contributed by atoms with Crippen LogP contribution in [0.25, 0.3) is 0 Å². The first-order valence-corrected chi connectivity index (χ1v) is 5.88. The molecule has 0 aliphatic carbocycles. The number of nitrogens with one attached hydrogen (secondary N) is 1. The molecule has 0 bridgehead atoms. The summed E-state index contributed by atoms with van der Waals surface area (Å²) in [4.78, 5) is 4.26. The molecule has 0 unspecified atom stereocenters. The molecule has 0 aliphatic heterocycles. The van der Waals surface area contributed by atoms with Gasteiger partial charge in [0, 0.05) is 24.2 Å². The summed E-state index contributed by atoms with van der Waals surface area (Å²) in [7, 11) is 0. The Kier molecular flexibility index (Phi) is 5.07. The first-order valence-electron chi connectivity index (χ1n) is 5.00. The van der Waals surface area contributed by atoms with Gasteiger partial charge in [-0.15, -0.1) is 11.3 Å². The van der Waals surface area contributed by atoms with Crippen LogP contribution in [0.5, 0.6) is 0 Å². The Morgan fingerprint density at radius 3 is 2.93 bits per heavy atom. The second kappa shape index (κ2) is 6.11. The topological polar surface area (TPSA) is 45.1 Å². The molecular formula is C10H18N2OS. The van der Waals surface area contributed by atoms with Gasteiger partial charge in [0.1, 0.15) is 5.01 Å². The van der Waals surface area contributed by atoms with E-state index in [4.69, 9.17) is 5.11 Å². The van der Waals surface area contributed by atoms with Crippen molar-refractivity contribution in [3.05, 3.63) is 16.6 Å². The van der Waals surface area contributed by atoms with E-state index in [1.54, 1.807) is 11.3 Å². The maximum absolute atomic E-state index is 8.70. The summed E-state index contributed by atoms with van der Waals surface area (Å²) in [5.74, 6) is 0. The Hall–Kier alpha value is -0.450. The first kappa shape index (κ1) is 11.6. The van der Waals surface area contributed by atoms with Gasteiger partial charge in [0.2, 0.25) is 0 Å². The second-order valence-corrected chi connectivity index (χ2v) is 4.45. The predicted molar refractivity (Wildman–Crippen MR) is 59.4 cm³/mol. The lowest BCUT2D eigenvalue weighted by molar-refractivity contribution is 0.274. The van der Waals surface area contributed by atoms with Crippen molar-refractivity contribution in [1.82, 2.24) is 10.3 Å². The molecule has 2 N–H and O–H groups in total. The van der Waals surface area contributed by atoms with Gasteiger partial charge in [-0.1, -0.05) is 0 Å². The molecule has 1 aromatic heterocycles. The molecule has 0 amide bonds. The van der Waals surface area contributed by atoms with Crippen molar-refractivity contribution in [1.29, 1.82) is 0 Å². The van der Waals surface area contributed by atoms with Gasteiger partial charge in [-0.05, 0) is 26.7 Å². The van der Waals surface area contributed by atoms with Gasteiger partial charge in [0.15, 0.2) is 0 Å². The van der Waals surface area contributed by atoms with E-state index in [0.29, 0.717) is 12.1 Å². The Balaban J connectivity index is 2.29. The number of rotatable bonds is 6.